The van der Waals surface area contributed by atoms with E-state index in [9.17, 15) is 8.42 Å². The number of nitrogens with zero attached hydrogens (tertiary/aromatic N) is 1. The van der Waals surface area contributed by atoms with Crippen LogP contribution in [0.5, 0.6) is 11.5 Å². The number of sulfonamides is 1. The summed E-state index contributed by atoms with van der Waals surface area (Å²) in [6.07, 6.45) is -0.430. The van der Waals surface area contributed by atoms with Crippen LogP contribution in [0.3, 0.4) is 0 Å². The molecule has 24 heavy (non-hydrogen) atoms. The first kappa shape index (κ1) is 17.4. The van der Waals surface area contributed by atoms with Crippen LogP contribution in [-0.2, 0) is 10.0 Å². The number of hydrogen-bond acceptors (Lipinski definition) is 4. The van der Waals surface area contributed by atoms with Crippen LogP contribution in [0.15, 0.2) is 47.4 Å². The molecule has 0 bridgehead atoms. The standard InChI is InChI=1S/C16H15Cl2NO4S/c1-19(24(20,21)16-12(17)5-4-6-13(16)18)9-11-10-22-14-7-2-3-8-15(14)23-11/h2-8,11H,9-10H2,1H3/t11-/m0/s1. The lowest BCUT2D eigenvalue weighted by atomic mass is 10.2. The minimum atomic E-state index is -3.84. The summed E-state index contributed by atoms with van der Waals surface area (Å²) in [4.78, 5) is -0.104. The molecule has 2 aromatic rings. The Bertz CT molecular complexity index is 837. The molecule has 0 saturated carbocycles. The van der Waals surface area contributed by atoms with Gasteiger partial charge >= 0.3 is 0 Å². The summed E-state index contributed by atoms with van der Waals surface area (Å²) in [6.45, 7) is 0.366. The topological polar surface area (TPSA) is 55.8 Å². The Morgan fingerprint density at radius 3 is 2.38 bits per heavy atom. The lowest BCUT2D eigenvalue weighted by Gasteiger charge is -2.29. The Morgan fingerprint density at radius 1 is 1.08 bits per heavy atom. The molecule has 2 aromatic carbocycles. The fourth-order valence-electron chi connectivity index (χ4n) is 2.42. The Kier molecular flexibility index (Phi) is 4.92. The molecule has 0 fully saturated rings. The van der Waals surface area contributed by atoms with Gasteiger partial charge in [-0.25, -0.2) is 8.42 Å². The average Bonchev–Trinajstić information content (AvgIpc) is 2.54. The van der Waals surface area contributed by atoms with Crippen molar-refractivity contribution in [1.29, 1.82) is 0 Å². The van der Waals surface area contributed by atoms with Crippen molar-refractivity contribution in [3.05, 3.63) is 52.5 Å². The number of likely N-dealkylation sites (N-methyl/N-ethyl adjacent to an activating group) is 1. The van der Waals surface area contributed by atoms with Gasteiger partial charge in [-0.3, -0.25) is 0 Å². The van der Waals surface area contributed by atoms with Crippen molar-refractivity contribution >= 4 is 33.2 Å². The van der Waals surface area contributed by atoms with E-state index in [1.54, 1.807) is 18.2 Å². The van der Waals surface area contributed by atoms with Gasteiger partial charge in [0.2, 0.25) is 10.0 Å². The normalized spacial score (nSPS) is 17.1. The maximum atomic E-state index is 12.8. The summed E-state index contributed by atoms with van der Waals surface area (Å²) < 4.78 is 38.1. The maximum Gasteiger partial charge on any atom is 0.245 e. The molecule has 0 radical (unpaired) electrons. The van der Waals surface area contributed by atoms with Crippen LogP contribution in [0.25, 0.3) is 0 Å². The van der Waals surface area contributed by atoms with Crippen LogP contribution in [0, 0.1) is 0 Å². The van der Waals surface area contributed by atoms with E-state index in [1.807, 2.05) is 12.1 Å². The minimum Gasteiger partial charge on any atom is -0.486 e. The first-order valence-electron chi connectivity index (χ1n) is 7.18. The predicted molar refractivity (Wildman–Crippen MR) is 92.6 cm³/mol. The van der Waals surface area contributed by atoms with Crippen LogP contribution in [0.2, 0.25) is 10.0 Å². The molecular weight excluding hydrogens is 373 g/mol. The fraction of sp³-hybridized carbons (Fsp3) is 0.250. The van der Waals surface area contributed by atoms with Crippen LogP contribution >= 0.6 is 23.2 Å². The fourth-order valence-corrected chi connectivity index (χ4v) is 4.71. The molecule has 0 saturated heterocycles. The van der Waals surface area contributed by atoms with Crippen molar-refractivity contribution in [2.45, 2.75) is 11.0 Å². The number of hydrogen-bond donors (Lipinski definition) is 0. The summed E-state index contributed by atoms with van der Waals surface area (Å²) in [5, 5.41) is 0.168. The molecule has 0 N–H and O–H groups in total. The summed E-state index contributed by atoms with van der Waals surface area (Å²) >= 11 is 12.0. The van der Waals surface area contributed by atoms with Crippen LogP contribution in [0.1, 0.15) is 0 Å². The van der Waals surface area contributed by atoms with Gasteiger partial charge in [-0.15, -0.1) is 0 Å². The van der Waals surface area contributed by atoms with Gasteiger partial charge in [0.05, 0.1) is 16.6 Å². The van der Waals surface area contributed by atoms with Crippen LogP contribution in [0.4, 0.5) is 0 Å². The molecule has 1 aliphatic heterocycles. The quantitative estimate of drug-likeness (QED) is 0.805. The van der Waals surface area contributed by atoms with E-state index in [0.717, 1.165) is 0 Å². The second kappa shape index (κ2) is 6.80. The van der Waals surface area contributed by atoms with E-state index in [-0.39, 0.29) is 28.1 Å². The first-order chi connectivity index (χ1) is 11.4. The average molecular weight is 388 g/mol. The highest BCUT2D eigenvalue weighted by Crippen LogP contribution is 2.33. The van der Waals surface area contributed by atoms with Gasteiger partial charge in [-0.05, 0) is 24.3 Å². The molecule has 1 aliphatic rings. The Morgan fingerprint density at radius 2 is 1.71 bits per heavy atom. The number of ether oxygens (including phenoxy) is 2. The lowest BCUT2D eigenvalue weighted by Crippen LogP contribution is -2.41. The molecule has 5 nitrogen and oxygen atoms in total. The van der Waals surface area contributed by atoms with Crippen molar-refractivity contribution in [3.63, 3.8) is 0 Å². The van der Waals surface area contributed by atoms with Crippen LogP contribution in [-0.4, -0.2) is 39.0 Å². The molecule has 8 heteroatoms. The Labute approximate surface area is 150 Å². The first-order valence-corrected chi connectivity index (χ1v) is 9.38. The molecule has 0 spiro atoms. The zero-order chi connectivity index (χ0) is 17.3. The molecule has 0 unspecified atom stereocenters. The van der Waals surface area contributed by atoms with E-state index in [0.29, 0.717) is 11.5 Å². The van der Waals surface area contributed by atoms with Crippen molar-refractivity contribution in [3.8, 4) is 11.5 Å². The third-order valence-corrected chi connectivity index (χ3v) is 6.39. The van der Waals surface area contributed by atoms with Gasteiger partial charge in [0.15, 0.2) is 11.5 Å². The zero-order valence-corrected chi connectivity index (χ0v) is 15.1. The Hall–Kier alpha value is -1.47. The summed E-state index contributed by atoms with van der Waals surface area (Å²) in [5.41, 5.74) is 0. The van der Waals surface area contributed by atoms with Crippen molar-refractivity contribution in [2.24, 2.45) is 0 Å². The van der Waals surface area contributed by atoms with Gasteiger partial charge < -0.3 is 9.47 Å². The molecule has 3 rings (SSSR count). The number of rotatable bonds is 4. The molecule has 1 heterocycles. The highest BCUT2D eigenvalue weighted by atomic mass is 35.5. The Balaban J connectivity index is 1.79. The highest BCUT2D eigenvalue weighted by Gasteiger charge is 2.30. The second-order valence-corrected chi connectivity index (χ2v) is 8.13. The molecule has 128 valence electrons. The molecule has 0 aromatic heterocycles. The number of para-hydroxylation sites is 2. The van der Waals surface area contributed by atoms with Crippen molar-refractivity contribution < 1.29 is 17.9 Å². The van der Waals surface area contributed by atoms with Crippen molar-refractivity contribution in [1.82, 2.24) is 4.31 Å². The third-order valence-electron chi connectivity index (χ3n) is 3.62. The van der Waals surface area contributed by atoms with Crippen LogP contribution < -0.4 is 9.47 Å². The SMILES string of the molecule is CN(C[C@H]1COc2ccccc2O1)S(=O)(=O)c1c(Cl)cccc1Cl. The molecule has 1 atom stereocenters. The van der Waals surface area contributed by atoms with E-state index < -0.39 is 16.1 Å². The van der Waals surface area contributed by atoms with E-state index in [4.69, 9.17) is 32.7 Å². The molecular formula is C16H15Cl2NO4S. The van der Waals surface area contributed by atoms with E-state index in [1.165, 1.54) is 23.5 Å². The van der Waals surface area contributed by atoms with Gasteiger partial charge in [-0.1, -0.05) is 41.4 Å². The monoisotopic (exact) mass is 387 g/mol. The van der Waals surface area contributed by atoms with Crippen molar-refractivity contribution in [2.75, 3.05) is 20.2 Å². The second-order valence-electron chi connectivity index (χ2n) is 5.33. The van der Waals surface area contributed by atoms with Gasteiger partial charge in [0, 0.05) is 7.05 Å². The lowest BCUT2D eigenvalue weighted by molar-refractivity contribution is 0.0798. The summed E-state index contributed by atoms with van der Waals surface area (Å²) in [5.74, 6) is 1.24. The summed E-state index contributed by atoms with van der Waals surface area (Å²) in [6, 6.07) is 11.8. The van der Waals surface area contributed by atoms with Gasteiger partial charge in [0.25, 0.3) is 0 Å². The minimum absolute atomic E-state index is 0.0838. The van der Waals surface area contributed by atoms with E-state index >= 15 is 0 Å². The molecule has 0 aliphatic carbocycles. The van der Waals surface area contributed by atoms with E-state index in [2.05, 4.69) is 0 Å². The third kappa shape index (κ3) is 3.32. The smallest absolute Gasteiger partial charge is 0.245 e. The number of benzene rings is 2. The largest absolute Gasteiger partial charge is 0.486 e. The number of fused-ring (bicyclic) bond motifs is 1. The molecule has 0 amide bonds. The summed E-state index contributed by atoms with van der Waals surface area (Å²) in [7, 11) is -2.39. The maximum absolute atomic E-state index is 12.8. The predicted octanol–water partition coefficient (Wildman–Crippen LogP) is 3.45. The highest BCUT2D eigenvalue weighted by molar-refractivity contribution is 7.89. The van der Waals surface area contributed by atoms with Gasteiger partial charge in [-0.2, -0.15) is 4.31 Å². The van der Waals surface area contributed by atoms with Gasteiger partial charge in [0.1, 0.15) is 17.6 Å². The number of halogens is 2. The zero-order valence-electron chi connectivity index (χ0n) is 12.8.